The van der Waals surface area contributed by atoms with Crippen molar-refractivity contribution in [3.8, 4) is 5.75 Å². The van der Waals surface area contributed by atoms with E-state index in [0.717, 1.165) is 11.1 Å². The quantitative estimate of drug-likeness (QED) is 0.494. The van der Waals surface area contributed by atoms with Crippen LogP contribution in [0.2, 0.25) is 0 Å². The molecule has 1 N–H and O–H groups in total. The van der Waals surface area contributed by atoms with Gasteiger partial charge in [0, 0.05) is 32.7 Å². The predicted molar refractivity (Wildman–Crippen MR) is 142 cm³/mol. The van der Waals surface area contributed by atoms with Gasteiger partial charge in [-0.3, -0.25) is 4.79 Å². The minimum Gasteiger partial charge on any atom is -0.494 e. The summed E-state index contributed by atoms with van der Waals surface area (Å²) in [5, 5.41) is 2.88. The van der Waals surface area contributed by atoms with Gasteiger partial charge in [0.2, 0.25) is 26.0 Å². The minimum absolute atomic E-state index is 0.108. The lowest BCUT2D eigenvalue weighted by Gasteiger charge is -2.31. The van der Waals surface area contributed by atoms with E-state index in [1.165, 1.54) is 8.61 Å². The summed E-state index contributed by atoms with van der Waals surface area (Å²) in [7, 11) is -7.33. The molecule has 2 aliphatic rings. The third kappa shape index (κ3) is 6.37. The molecule has 2 aromatic carbocycles. The van der Waals surface area contributed by atoms with Gasteiger partial charge in [-0.1, -0.05) is 12.1 Å². The summed E-state index contributed by atoms with van der Waals surface area (Å²) in [6.45, 7) is 6.27. The molecule has 2 aliphatic heterocycles. The summed E-state index contributed by atoms with van der Waals surface area (Å²) in [5.74, 6) is -0.0462. The highest BCUT2D eigenvalue weighted by Gasteiger charge is 2.33. The fourth-order valence-corrected chi connectivity index (χ4v) is 7.69. The number of piperidine rings is 1. The van der Waals surface area contributed by atoms with E-state index in [1.807, 2.05) is 6.92 Å². The molecule has 1 amide bonds. The third-order valence-electron chi connectivity index (χ3n) is 6.84. The number of amides is 1. The van der Waals surface area contributed by atoms with Gasteiger partial charge in [-0.25, -0.2) is 16.8 Å². The Balaban J connectivity index is 1.35. The maximum Gasteiger partial charge on any atom is 0.243 e. The average Bonchev–Trinajstić information content (AvgIpc) is 2.93. The Morgan fingerprint density at radius 3 is 2.29 bits per heavy atom. The fourth-order valence-electron chi connectivity index (χ4n) is 4.67. The summed E-state index contributed by atoms with van der Waals surface area (Å²) in [4.78, 5) is 13.3. The van der Waals surface area contributed by atoms with Crippen molar-refractivity contribution in [1.29, 1.82) is 0 Å². The van der Waals surface area contributed by atoms with Crippen molar-refractivity contribution in [2.45, 2.75) is 43.0 Å². The van der Waals surface area contributed by atoms with E-state index in [-0.39, 0.29) is 28.8 Å². The Morgan fingerprint density at radius 1 is 0.974 bits per heavy atom. The minimum atomic E-state index is -3.75. The molecule has 0 aromatic heterocycles. The Kier molecular flexibility index (Phi) is 9.09. The van der Waals surface area contributed by atoms with Crippen molar-refractivity contribution < 1.29 is 31.1 Å². The topological polar surface area (TPSA) is 122 Å². The molecule has 2 saturated heterocycles. The van der Waals surface area contributed by atoms with E-state index in [0.29, 0.717) is 58.0 Å². The van der Waals surface area contributed by atoms with E-state index >= 15 is 0 Å². The highest BCUT2D eigenvalue weighted by molar-refractivity contribution is 7.89. The van der Waals surface area contributed by atoms with Crippen LogP contribution in [0.1, 0.15) is 30.9 Å². The number of morpholine rings is 1. The van der Waals surface area contributed by atoms with E-state index in [1.54, 1.807) is 49.4 Å². The summed E-state index contributed by atoms with van der Waals surface area (Å²) >= 11 is 0. The Bertz CT molecular complexity index is 1340. The van der Waals surface area contributed by atoms with Crippen LogP contribution in [0.25, 0.3) is 0 Å². The molecule has 12 heteroatoms. The van der Waals surface area contributed by atoms with Gasteiger partial charge >= 0.3 is 0 Å². The SMILES string of the molecule is CCOc1ccc(S(=O)(=O)N2CCCC(C(=O)NCc3ccc(S(=O)(=O)N4CCOCC4)cc3)C2)cc1C. The lowest BCUT2D eigenvalue weighted by atomic mass is 9.99. The molecule has 2 heterocycles. The monoisotopic (exact) mass is 565 g/mol. The van der Waals surface area contributed by atoms with Crippen molar-refractivity contribution in [2.75, 3.05) is 46.0 Å². The highest BCUT2D eigenvalue weighted by atomic mass is 32.2. The summed E-state index contributed by atoms with van der Waals surface area (Å²) in [5.41, 5.74) is 1.49. The molecule has 0 aliphatic carbocycles. The number of nitrogens with zero attached hydrogens (tertiary/aromatic N) is 2. The largest absolute Gasteiger partial charge is 0.494 e. The van der Waals surface area contributed by atoms with Crippen molar-refractivity contribution in [1.82, 2.24) is 13.9 Å². The van der Waals surface area contributed by atoms with Gasteiger partial charge < -0.3 is 14.8 Å². The molecule has 1 atom stereocenters. The van der Waals surface area contributed by atoms with Crippen molar-refractivity contribution >= 4 is 26.0 Å². The van der Waals surface area contributed by atoms with Crippen molar-refractivity contribution in [2.24, 2.45) is 5.92 Å². The van der Waals surface area contributed by atoms with Crippen LogP contribution in [0.4, 0.5) is 0 Å². The maximum atomic E-state index is 13.3. The number of nitrogens with one attached hydrogen (secondary N) is 1. The highest BCUT2D eigenvalue weighted by Crippen LogP contribution is 2.27. The third-order valence-corrected chi connectivity index (χ3v) is 10.6. The zero-order valence-electron chi connectivity index (χ0n) is 21.8. The second-order valence-electron chi connectivity index (χ2n) is 9.44. The smallest absolute Gasteiger partial charge is 0.243 e. The molecule has 208 valence electrons. The lowest BCUT2D eigenvalue weighted by Crippen LogP contribution is -2.45. The second-order valence-corrected chi connectivity index (χ2v) is 13.3. The van der Waals surface area contributed by atoms with E-state index in [2.05, 4.69) is 5.32 Å². The lowest BCUT2D eigenvalue weighted by molar-refractivity contribution is -0.126. The number of ether oxygens (including phenoxy) is 2. The van der Waals surface area contributed by atoms with E-state index < -0.39 is 26.0 Å². The number of carbonyl (C=O) groups is 1. The summed E-state index contributed by atoms with van der Waals surface area (Å²) < 4.78 is 65.7. The molecular formula is C26H35N3O7S2. The Hall–Kier alpha value is -2.51. The van der Waals surface area contributed by atoms with Gasteiger partial charge in [-0.15, -0.1) is 0 Å². The molecule has 0 radical (unpaired) electrons. The van der Waals surface area contributed by atoms with Crippen LogP contribution in [0.3, 0.4) is 0 Å². The Labute approximate surface area is 225 Å². The zero-order valence-corrected chi connectivity index (χ0v) is 23.4. The van der Waals surface area contributed by atoms with E-state index in [9.17, 15) is 21.6 Å². The first-order valence-electron chi connectivity index (χ1n) is 12.8. The first kappa shape index (κ1) is 28.5. The molecule has 0 saturated carbocycles. The molecule has 0 spiro atoms. The van der Waals surface area contributed by atoms with Crippen LogP contribution in [-0.4, -0.2) is 77.4 Å². The van der Waals surface area contributed by atoms with Gasteiger partial charge in [-0.05, 0) is 68.1 Å². The van der Waals surface area contributed by atoms with Crippen LogP contribution in [0.15, 0.2) is 52.3 Å². The summed E-state index contributed by atoms with van der Waals surface area (Å²) in [6.07, 6.45) is 1.18. The van der Waals surface area contributed by atoms with Crippen LogP contribution >= 0.6 is 0 Å². The number of carbonyl (C=O) groups excluding carboxylic acids is 1. The number of benzene rings is 2. The zero-order chi connectivity index (χ0) is 27.3. The van der Waals surface area contributed by atoms with Gasteiger partial charge in [0.25, 0.3) is 0 Å². The molecular weight excluding hydrogens is 530 g/mol. The number of hydrogen-bond acceptors (Lipinski definition) is 7. The van der Waals surface area contributed by atoms with Gasteiger partial charge in [-0.2, -0.15) is 8.61 Å². The molecule has 4 rings (SSSR count). The van der Waals surface area contributed by atoms with Gasteiger partial charge in [0.1, 0.15) is 5.75 Å². The molecule has 10 nitrogen and oxygen atoms in total. The standard InChI is InChI=1S/C26H35N3O7S2/c1-3-36-25-11-10-24(17-20(25)2)38(33,34)29-12-4-5-22(19-29)26(30)27-18-21-6-8-23(9-7-21)37(31,32)28-13-15-35-16-14-28/h6-11,17,22H,3-5,12-16,18-19H2,1-2H3,(H,27,30). The van der Waals surface area contributed by atoms with Crippen LogP contribution in [0, 0.1) is 12.8 Å². The van der Waals surface area contributed by atoms with Crippen molar-refractivity contribution in [3.63, 3.8) is 0 Å². The first-order chi connectivity index (χ1) is 18.1. The average molecular weight is 566 g/mol. The summed E-state index contributed by atoms with van der Waals surface area (Å²) in [6, 6.07) is 11.3. The fraction of sp³-hybridized carbons (Fsp3) is 0.500. The number of aryl methyl sites for hydroxylation is 1. The van der Waals surface area contributed by atoms with E-state index in [4.69, 9.17) is 9.47 Å². The molecule has 1 unspecified atom stereocenters. The van der Waals surface area contributed by atoms with Crippen LogP contribution < -0.4 is 10.1 Å². The molecule has 2 fully saturated rings. The normalized spacial score (nSPS) is 19.7. The second kappa shape index (κ2) is 12.1. The maximum absolute atomic E-state index is 13.3. The first-order valence-corrected chi connectivity index (χ1v) is 15.7. The number of rotatable bonds is 9. The molecule has 38 heavy (non-hydrogen) atoms. The number of sulfonamides is 2. The number of hydrogen-bond donors (Lipinski definition) is 1. The predicted octanol–water partition coefficient (Wildman–Crippen LogP) is 2.13. The Morgan fingerprint density at radius 2 is 1.63 bits per heavy atom. The van der Waals surface area contributed by atoms with Crippen LogP contribution in [-0.2, 0) is 36.1 Å². The van der Waals surface area contributed by atoms with Gasteiger partial charge in [0.05, 0.1) is 35.5 Å². The van der Waals surface area contributed by atoms with Crippen molar-refractivity contribution in [3.05, 3.63) is 53.6 Å². The molecule has 2 aromatic rings. The van der Waals surface area contributed by atoms with Gasteiger partial charge in [0.15, 0.2) is 0 Å². The van der Waals surface area contributed by atoms with Crippen LogP contribution in [0.5, 0.6) is 5.75 Å². The molecule has 0 bridgehead atoms.